The first-order valence-corrected chi connectivity index (χ1v) is 3.42. The first kappa shape index (κ1) is 13.5. The topological polar surface area (TPSA) is 26.0 Å². The Hall–Kier alpha value is -0.0466. The molecule has 1 aromatic rings. The van der Waals surface area contributed by atoms with Gasteiger partial charge in [-0.3, -0.25) is 0 Å². The molecule has 0 aromatic heterocycles. The Morgan fingerprint density at radius 2 is 1.64 bits per heavy atom. The second kappa shape index (κ2) is 9.95. The predicted octanol–water partition coefficient (Wildman–Crippen LogP) is 1.26. The Bertz CT molecular complexity index is 148. The summed E-state index contributed by atoms with van der Waals surface area (Å²) in [6.07, 6.45) is 0. The first-order chi connectivity index (χ1) is 4.73. The predicted molar refractivity (Wildman–Crippen MR) is 49.4 cm³/mol. The molecule has 0 spiro atoms. The Morgan fingerprint density at radius 1 is 1.27 bits per heavy atom. The van der Waals surface area contributed by atoms with Gasteiger partial charge < -0.3 is 30.6 Å². The molecule has 1 rings (SSSR count). The van der Waals surface area contributed by atoms with E-state index in [0.29, 0.717) is 0 Å². The Morgan fingerprint density at radius 3 is 1.73 bits per heavy atom. The Labute approximate surface area is 90.5 Å². The number of rotatable bonds is 0. The van der Waals surface area contributed by atoms with Gasteiger partial charge in [-0.25, -0.2) is 0 Å². The van der Waals surface area contributed by atoms with E-state index in [0.717, 1.165) is 0 Å². The quantitative estimate of drug-likeness (QED) is 0.317. The molecule has 54 valence electrons. The summed E-state index contributed by atoms with van der Waals surface area (Å²) in [5.41, 5.74) is 4.66. The molecule has 1 nitrogen and oxygen atoms in total. The second-order valence-electron chi connectivity index (χ2n) is 1.40. The molecule has 0 aliphatic rings. The number of nitrogens with two attached hydrogens (primary N) is 1. The maximum atomic E-state index is 4.66. The Kier molecular flexibility index (Phi) is 12.2. The van der Waals surface area contributed by atoms with E-state index in [2.05, 4.69) is 36.6 Å². The van der Waals surface area contributed by atoms with Gasteiger partial charge in [-0.05, 0) is 0 Å². The molecule has 0 radical (unpaired) electrons. The van der Waals surface area contributed by atoms with Crippen LogP contribution in [0.1, 0.15) is 0 Å². The van der Waals surface area contributed by atoms with Crippen LogP contribution in [0.3, 0.4) is 0 Å². The maximum absolute atomic E-state index is 4.66. The van der Waals surface area contributed by atoms with E-state index in [9.17, 15) is 0 Å². The van der Waals surface area contributed by atoms with Crippen LogP contribution < -0.4 is 5.73 Å². The van der Waals surface area contributed by atoms with E-state index in [-0.39, 0.29) is 23.8 Å². The van der Waals surface area contributed by atoms with Gasteiger partial charge in [-0.2, -0.15) is 36.4 Å². The van der Waals surface area contributed by atoms with E-state index >= 15 is 0 Å². The second-order valence-corrected chi connectivity index (χ2v) is 2.53. The van der Waals surface area contributed by atoms with Crippen molar-refractivity contribution in [3.05, 3.63) is 36.4 Å². The molecule has 2 N–H and O–H groups in total. The number of hydrogen-bond donors (Lipinski definition) is 1. The molecule has 0 saturated heterocycles. The van der Waals surface area contributed by atoms with Crippen molar-refractivity contribution in [2.24, 2.45) is 5.73 Å². The van der Waals surface area contributed by atoms with Crippen LogP contribution in [0.4, 0.5) is 0 Å². The minimum Gasteiger partial charge on any atom is -0.415 e. The minimum atomic E-state index is 0. The van der Waals surface area contributed by atoms with Crippen LogP contribution in [0.25, 0.3) is 0 Å². The summed E-state index contributed by atoms with van der Waals surface area (Å²) in [4.78, 5) is 0. The third-order valence-electron chi connectivity index (χ3n) is 0.607. The van der Waals surface area contributed by atoms with E-state index in [1.54, 1.807) is 0 Å². The van der Waals surface area contributed by atoms with Gasteiger partial charge in [-0.15, -0.1) is 0 Å². The molecule has 0 aliphatic heterocycles. The average molecular weight is 235 g/mol. The van der Waals surface area contributed by atoms with Crippen LogP contribution in [-0.4, -0.2) is 4.32 Å². The van der Waals surface area contributed by atoms with Gasteiger partial charge in [0.25, 0.3) is 0 Å². The zero-order valence-corrected chi connectivity index (χ0v) is 10.6. The zero-order valence-electron chi connectivity index (χ0n) is 5.99. The minimum absolute atomic E-state index is 0. The summed E-state index contributed by atoms with van der Waals surface area (Å²) < 4.78 is 0.0833. The third-order valence-corrected chi connectivity index (χ3v) is 0.607. The van der Waals surface area contributed by atoms with Gasteiger partial charge in [0, 0.05) is 0 Å². The zero-order chi connectivity index (χ0) is 7.82. The standard InChI is InChI=1S/C6H5.CH3NS2.Zn/c1-2-4-6-5-3-1;2-1(3)4;/h1-5H;(H3,2,3,4);/q-1;;+2/p-1. The summed E-state index contributed by atoms with van der Waals surface area (Å²) in [6, 6.07) is 12.5. The van der Waals surface area contributed by atoms with Crippen molar-refractivity contribution < 1.29 is 19.5 Å². The van der Waals surface area contributed by atoms with Crippen LogP contribution in [0.2, 0.25) is 0 Å². The summed E-state index contributed by atoms with van der Waals surface area (Å²) in [7, 11) is 0. The van der Waals surface area contributed by atoms with Crippen molar-refractivity contribution in [1.29, 1.82) is 0 Å². The van der Waals surface area contributed by atoms with Crippen molar-refractivity contribution in [2.75, 3.05) is 0 Å². The summed E-state index contributed by atoms with van der Waals surface area (Å²) in [5, 5.41) is 0. The normalized spacial score (nSPS) is 6.55. The van der Waals surface area contributed by atoms with Crippen LogP contribution >= 0.6 is 12.2 Å². The fraction of sp³-hybridized carbons (Fsp3) is 0. The molecule has 11 heavy (non-hydrogen) atoms. The molecule has 0 unspecified atom stereocenters. The van der Waals surface area contributed by atoms with E-state index in [1.165, 1.54) is 0 Å². The molecular formula is C7H7NS2Zn. The molecule has 0 bridgehead atoms. The fourth-order valence-electron chi connectivity index (χ4n) is 0.342. The number of benzene rings is 1. The fourth-order valence-corrected chi connectivity index (χ4v) is 0.342. The number of hydrogen-bond acceptors (Lipinski definition) is 2. The molecule has 0 fully saturated rings. The van der Waals surface area contributed by atoms with Crippen LogP contribution in [-0.2, 0) is 32.1 Å². The molecular weight excluding hydrogens is 228 g/mol. The third kappa shape index (κ3) is 17.8. The monoisotopic (exact) mass is 233 g/mol. The summed E-state index contributed by atoms with van der Waals surface area (Å²) in [5.74, 6) is 0. The smallest absolute Gasteiger partial charge is 0.415 e. The van der Waals surface area contributed by atoms with Gasteiger partial charge in [0.2, 0.25) is 0 Å². The SMILES string of the molecule is NC(=S)[S-].[Zn+2].[c-]1ccccc1. The van der Waals surface area contributed by atoms with Crippen molar-refractivity contribution >= 4 is 29.2 Å². The number of thiocarbonyl (C=S) groups is 1. The first-order valence-electron chi connectivity index (χ1n) is 2.61. The molecule has 0 saturated carbocycles. The van der Waals surface area contributed by atoms with E-state index < -0.39 is 0 Å². The van der Waals surface area contributed by atoms with Crippen LogP contribution in [0, 0.1) is 6.07 Å². The van der Waals surface area contributed by atoms with Gasteiger partial charge in [0.05, 0.1) is 0 Å². The summed E-state index contributed by atoms with van der Waals surface area (Å²) >= 11 is 8.26. The maximum Gasteiger partial charge on any atom is 2.00 e. The molecule has 0 amide bonds. The van der Waals surface area contributed by atoms with Crippen molar-refractivity contribution in [3.8, 4) is 0 Å². The molecule has 0 aliphatic carbocycles. The van der Waals surface area contributed by atoms with Crippen molar-refractivity contribution in [1.82, 2.24) is 0 Å². The molecule has 4 heteroatoms. The van der Waals surface area contributed by atoms with E-state index in [4.69, 9.17) is 0 Å². The van der Waals surface area contributed by atoms with Gasteiger partial charge in [0.1, 0.15) is 0 Å². The Balaban J connectivity index is 0. The molecule has 1 aromatic carbocycles. The molecule has 0 heterocycles. The summed E-state index contributed by atoms with van der Waals surface area (Å²) in [6.45, 7) is 0. The van der Waals surface area contributed by atoms with Crippen LogP contribution in [0.15, 0.2) is 30.3 Å². The van der Waals surface area contributed by atoms with Gasteiger partial charge in [-0.1, -0.05) is 4.32 Å². The average Bonchev–Trinajstić information content (AvgIpc) is 1.90. The van der Waals surface area contributed by atoms with Gasteiger partial charge in [0.15, 0.2) is 0 Å². The van der Waals surface area contributed by atoms with Crippen LogP contribution in [0.5, 0.6) is 0 Å². The largest absolute Gasteiger partial charge is 2.00 e. The van der Waals surface area contributed by atoms with Crippen molar-refractivity contribution in [2.45, 2.75) is 0 Å². The van der Waals surface area contributed by atoms with Crippen molar-refractivity contribution in [3.63, 3.8) is 0 Å². The van der Waals surface area contributed by atoms with Gasteiger partial charge >= 0.3 is 19.5 Å². The molecule has 0 atom stereocenters. The van der Waals surface area contributed by atoms with E-state index in [1.807, 2.05) is 30.3 Å².